The number of anilines is 1. The first-order valence-corrected chi connectivity index (χ1v) is 12.6. The number of carbonyl (C=O) groups is 1. The van der Waals surface area contributed by atoms with E-state index in [1.165, 1.54) is 34.4 Å². The highest BCUT2D eigenvalue weighted by Crippen LogP contribution is 2.27. The summed E-state index contributed by atoms with van der Waals surface area (Å²) in [6.45, 7) is 4.95. The summed E-state index contributed by atoms with van der Waals surface area (Å²) in [5.41, 5.74) is 4.40. The van der Waals surface area contributed by atoms with Crippen molar-refractivity contribution in [2.75, 3.05) is 11.9 Å². The summed E-state index contributed by atoms with van der Waals surface area (Å²) in [4.78, 5) is 32.0. The molecule has 0 saturated heterocycles. The molecule has 0 unspecified atom stereocenters. The van der Waals surface area contributed by atoms with E-state index >= 15 is 0 Å². The molecule has 0 aliphatic heterocycles. The van der Waals surface area contributed by atoms with Crippen LogP contribution in [-0.4, -0.2) is 26.9 Å². The Kier molecular flexibility index (Phi) is 6.87. The normalized spacial score (nSPS) is 11.2. The van der Waals surface area contributed by atoms with Gasteiger partial charge in [0.2, 0.25) is 11.7 Å². The Labute approximate surface area is 224 Å². The molecule has 0 spiro atoms. The van der Waals surface area contributed by atoms with Gasteiger partial charge in [-0.1, -0.05) is 48.5 Å². The Hall–Kier alpha value is -4.59. The molecule has 39 heavy (non-hydrogen) atoms. The highest BCUT2D eigenvalue weighted by molar-refractivity contribution is 5.91. The number of aryl methyl sites for hydroxylation is 1. The van der Waals surface area contributed by atoms with Gasteiger partial charge in [-0.25, -0.2) is 18.2 Å². The first kappa shape index (κ1) is 26.0. The number of halogens is 2. The number of fused-ring (bicyclic) bond motifs is 1. The van der Waals surface area contributed by atoms with E-state index < -0.39 is 11.6 Å². The Morgan fingerprint density at radius 2 is 1.51 bits per heavy atom. The molecule has 8 heteroatoms. The van der Waals surface area contributed by atoms with Crippen molar-refractivity contribution >= 4 is 17.4 Å². The fraction of sp³-hybridized carbons (Fsp3) is 0.194. The summed E-state index contributed by atoms with van der Waals surface area (Å²) < 4.78 is 32.7. The van der Waals surface area contributed by atoms with Gasteiger partial charge in [-0.05, 0) is 43.7 Å². The summed E-state index contributed by atoms with van der Waals surface area (Å²) in [6.07, 6.45) is 0.361. The maximum Gasteiger partial charge on any atom is 0.263 e. The zero-order valence-corrected chi connectivity index (χ0v) is 22.2. The van der Waals surface area contributed by atoms with Crippen LogP contribution in [0.5, 0.6) is 0 Å². The first-order chi connectivity index (χ1) is 18.7. The SMILES string of the molecule is CC(=O)N(C)c1ccc(-c2nc3n(Cc4c(F)cccc4F)c(C)c(Cc4ccccc4)c(=O)n3c2C)cc1. The zero-order chi connectivity index (χ0) is 27.8. The molecule has 0 saturated carbocycles. The average molecular weight is 527 g/mol. The fourth-order valence-corrected chi connectivity index (χ4v) is 4.85. The highest BCUT2D eigenvalue weighted by atomic mass is 19.1. The molecule has 6 nitrogen and oxygen atoms in total. The summed E-state index contributed by atoms with van der Waals surface area (Å²) >= 11 is 0. The molecule has 2 aromatic heterocycles. The Balaban J connectivity index is 1.73. The molecule has 0 N–H and O–H groups in total. The van der Waals surface area contributed by atoms with Crippen molar-refractivity contribution in [1.82, 2.24) is 14.0 Å². The van der Waals surface area contributed by atoms with Gasteiger partial charge in [0, 0.05) is 48.5 Å². The quantitative estimate of drug-likeness (QED) is 0.286. The molecular weight excluding hydrogens is 498 g/mol. The van der Waals surface area contributed by atoms with Gasteiger partial charge in [0.1, 0.15) is 11.6 Å². The number of aromatic nitrogens is 3. The van der Waals surface area contributed by atoms with Gasteiger partial charge in [-0.3, -0.25) is 9.59 Å². The van der Waals surface area contributed by atoms with Gasteiger partial charge < -0.3 is 9.47 Å². The topological polar surface area (TPSA) is 59.6 Å². The first-order valence-electron chi connectivity index (χ1n) is 12.6. The molecule has 0 fully saturated rings. The van der Waals surface area contributed by atoms with Gasteiger partial charge >= 0.3 is 0 Å². The number of benzene rings is 3. The summed E-state index contributed by atoms with van der Waals surface area (Å²) in [5, 5.41) is 0. The van der Waals surface area contributed by atoms with Crippen LogP contribution in [0.15, 0.2) is 77.6 Å². The van der Waals surface area contributed by atoms with Crippen LogP contribution in [0.2, 0.25) is 0 Å². The van der Waals surface area contributed by atoms with E-state index in [9.17, 15) is 18.4 Å². The lowest BCUT2D eigenvalue weighted by Crippen LogP contribution is -2.27. The van der Waals surface area contributed by atoms with Crippen molar-refractivity contribution in [3.05, 3.63) is 123 Å². The highest BCUT2D eigenvalue weighted by Gasteiger charge is 2.22. The Morgan fingerprint density at radius 1 is 0.872 bits per heavy atom. The molecule has 1 amide bonds. The molecule has 0 atom stereocenters. The standard InChI is InChI=1S/C31H28F2N4O2/c1-19-25(17-22-9-6-5-7-10-22)30(39)37-20(2)29(23-13-15-24(16-14-23)35(4)21(3)38)34-31(37)36(19)18-26-27(32)11-8-12-28(26)33/h5-16H,17-18H2,1-4H3. The van der Waals surface area contributed by atoms with Crippen LogP contribution < -0.4 is 10.5 Å². The van der Waals surface area contributed by atoms with Crippen molar-refractivity contribution in [1.29, 1.82) is 0 Å². The van der Waals surface area contributed by atoms with Crippen LogP contribution in [0.1, 0.15) is 35.0 Å². The largest absolute Gasteiger partial charge is 0.316 e. The van der Waals surface area contributed by atoms with Gasteiger partial charge in [-0.15, -0.1) is 0 Å². The monoisotopic (exact) mass is 526 g/mol. The molecule has 0 radical (unpaired) electrons. The number of amides is 1. The van der Waals surface area contributed by atoms with Crippen LogP contribution >= 0.6 is 0 Å². The van der Waals surface area contributed by atoms with E-state index in [0.717, 1.165) is 16.8 Å². The second-order valence-corrected chi connectivity index (χ2v) is 9.62. The van der Waals surface area contributed by atoms with E-state index in [4.69, 9.17) is 4.98 Å². The van der Waals surface area contributed by atoms with Gasteiger partial charge in [0.05, 0.1) is 17.9 Å². The van der Waals surface area contributed by atoms with E-state index in [0.29, 0.717) is 34.8 Å². The van der Waals surface area contributed by atoms with Crippen LogP contribution in [0, 0.1) is 25.5 Å². The number of hydrogen-bond donors (Lipinski definition) is 0. The second-order valence-electron chi connectivity index (χ2n) is 9.62. The van der Waals surface area contributed by atoms with Crippen LogP contribution in [0.4, 0.5) is 14.5 Å². The summed E-state index contributed by atoms with van der Waals surface area (Å²) in [6, 6.07) is 20.7. The lowest BCUT2D eigenvalue weighted by molar-refractivity contribution is -0.116. The number of hydrogen-bond acceptors (Lipinski definition) is 3. The van der Waals surface area contributed by atoms with Gasteiger partial charge in [0.15, 0.2) is 0 Å². The zero-order valence-electron chi connectivity index (χ0n) is 22.2. The predicted octanol–water partition coefficient (Wildman–Crippen LogP) is 5.68. The average Bonchev–Trinajstić information content (AvgIpc) is 3.27. The third kappa shape index (κ3) is 4.74. The number of nitrogens with zero attached hydrogens (tertiary/aromatic N) is 4. The minimum atomic E-state index is -0.662. The van der Waals surface area contributed by atoms with E-state index in [1.807, 2.05) is 61.5 Å². The summed E-state index contributed by atoms with van der Waals surface area (Å²) in [5.74, 6) is -1.12. The van der Waals surface area contributed by atoms with E-state index in [-0.39, 0.29) is 23.6 Å². The molecule has 2 heterocycles. The maximum atomic E-state index is 14.7. The van der Waals surface area contributed by atoms with Crippen molar-refractivity contribution in [2.24, 2.45) is 0 Å². The maximum absolute atomic E-state index is 14.7. The molecule has 5 aromatic rings. The number of carbonyl (C=O) groups excluding carboxylic acids is 1. The van der Waals surface area contributed by atoms with E-state index in [1.54, 1.807) is 18.5 Å². The molecule has 198 valence electrons. The third-order valence-electron chi connectivity index (χ3n) is 7.24. The van der Waals surface area contributed by atoms with Crippen LogP contribution in [-0.2, 0) is 17.8 Å². The predicted molar refractivity (Wildman–Crippen MR) is 148 cm³/mol. The fourth-order valence-electron chi connectivity index (χ4n) is 4.85. The third-order valence-corrected chi connectivity index (χ3v) is 7.24. The van der Waals surface area contributed by atoms with Crippen molar-refractivity contribution in [2.45, 2.75) is 33.7 Å². The molecular formula is C31H28F2N4O2. The van der Waals surface area contributed by atoms with Crippen molar-refractivity contribution in [3.63, 3.8) is 0 Å². The lowest BCUT2D eigenvalue weighted by atomic mass is 10.0. The second kappa shape index (κ2) is 10.3. The summed E-state index contributed by atoms with van der Waals surface area (Å²) in [7, 11) is 1.69. The minimum Gasteiger partial charge on any atom is -0.316 e. The smallest absolute Gasteiger partial charge is 0.263 e. The number of imidazole rings is 1. The molecule has 0 aliphatic carbocycles. The Morgan fingerprint density at radius 3 is 2.13 bits per heavy atom. The molecule has 0 aliphatic rings. The van der Waals surface area contributed by atoms with Crippen LogP contribution in [0.25, 0.3) is 17.0 Å². The van der Waals surface area contributed by atoms with Gasteiger partial charge in [0.25, 0.3) is 5.56 Å². The van der Waals surface area contributed by atoms with Crippen molar-refractivity contribution < 1.29 is 13.6 Å². The van der Waals surface area contributed by atoms with E-state index in [2.05, 4.69) is 0 Å². The number of rotatable bonds is 6. The molecule has 3 aromatic carbocycles. The molecule has 0 bridgehead atoms. The van der Waals surface area contributed by atoms with Crippen molar-refractivity contribution in [3.8, 4) is 11.3 Å². The lowest BCUT2D eigenvalue weighted by Gasteiger charge is -2.17. The van der Waals surface area contributed by atoms with Crippen LogP contribution in [0.3, 0.4) is 0 Å². The molecule has 5 rings (SSSR count). The Bertz CT molecular complexity index is 1740. The minimum absolute atomic E-state index is 0.0921. The van der Waals surface area contributed by atoms with Gasteiger partial charge in [-0.2, -0.15) is 0 Å².